The standard InChI is InChI=1S/C24H38O4.C9H14.Zn/c1-3-5-7-9-11-15-19-27-23(25)21-17-13-14-18-22(21)24(26)28-20-16-12-10-8-6-4-2;1-2-3-6-9-7-4-5-8-9;/h13-14,17-18H,3-12,15-16,19-20H2,1-2H3;4-5,7H,2-3,6,8H2,1H3;. The Balaban J connectivity index is 0.00000115. The minimum Gasteiger partial charge on any atom is -0.462 e. The van der Waals surface area contributed by atoms with Gasteiger partial charge in [-0.2, -0.15) is 0 Å². The molecule has 5 heteroatoms. The third kappa shape index (κ3) is 17.7. The van der Waals surface area contributed by atoms with Gasteiger partial charge in [0.25, 0.3) is 0 Å². The SMILES string of the molecule is CCCCC1=CC=CC1.CCCCCCCCOC(=O)c1ccccc1C(=O)OCCCCCCCC.[Zn]. The van der Waals surface area contributed by atoms with Gasteiger partial charge in [-0.15, -0.1) is 0 Å². The van der Waals surface area contributed by atoms with Crippen LogP contribution in [0.2, 0.25) is 0 Å². The molecule has 0 heterocycles. The van der Waals surface area contributed by atoms with E-state index in [1.807, 2.05) is 0 Å². The van der Waals surface area contributed by atoms with Crippen LogP contribution in [0.25, 0.3) is 0 Å². The number of carbonyl (C=O) groups is 2. The quantitative estimate of drug-likeness (QED) is 0.0932. The van der Waals surface area contributed by atoms with Crippen LogP contribution in [0.15, 0.2) is 48.1 Å². The van der Waals surface area contributed by atoms with E-state index < -0.39 is 11.9 Å². The first-order valence-electron chi connectivity index (χ1n) is 14.9. The minimum atomic E-state index is -0.444. The number of unbranched alkanes of at least 4 members (excludes halogenated alkanes) is 11. The number of ether oxygens (including phenoxy) is 2. The average molecular weight is 578 g/mol. The molecule has 0 spiro atoms. The van der Waals surface area contributed by atoms with Gasteiger partial charge in [-0.1, -0.05) is 127 Å². The molecule has 4 nitrogen and oxygen atoms in total. The van der Waals surface area contributed by atoms with Crippen LogP contribution in [0.4, 0.5) is 0 Å². The van der Waals surface area contributed by atoms with Gasteiger partial charge in [0.15, 0.2) is 0 Å². The summed E-state index contributed by atoms with van der Waals surface area (Å²) >= 11 is 0. The van der Waals surface area contributed by atoms with Gasteiger partial charge in [-0.05, 0) is 44.2 Å². The van der Waals surface area contributed by atoms with Crippen molar-refractivity contribution in [3.8, 4) is 0 Å². The number of allylic oxidation sites excluding steroid dienone is 4. The molecule has 38 heavy (non-hydrogen) atoms. The van der Waals surface area contributed by atoms with Crippen molar-refractivity contribution in [1.82, 2.24) is 0 Å². The molecular weight excluding hydrogens is 526 g/mol. The fourth-order valence-corrected chi connectivity index (χ4v) is 4.17. The summed E-state index contributed by atoms with van der Waals surface area (Å²) in [6.45, 7) is 7.41. The van der Waals surface area contributed by atoms with Gasteiger partial charge in [0.1, 0.15) is 0 Å². The number of hydrogen-bond acceptors (Lipinski definition) is 4. The normalized spacial score (nSPS) is 11.7. The van der Waals surface area contributed by atoms with Crippen molar-refractivity contribution in [2.75, 3.05) is 13.2 Å². The van der Waals surface area contributed by atoms with Crippen molar-refractivity contribution in [2.24, 2.45) is 0 Å². The molecule has 0 amide bonds. The third-order valence-corrected chi connectivity index (χ3v) is 6.53. The zero-order valence-corrected chi connectivity index (χ0v) is 27.6. The number of benzene rings is 1. The Morgan fingerprint density at radius 1 is 0.658 bits per heavy atom. The predicted molar refractivity (Wildman–Crippen MR) is 155 cm³/mol. The summed E-state index contributed by atoms with van der Waals surface area (Å²) < 4.78 is 10.7. The Morgan fingerprint density at radius 2 is 1.11 bits per heavy atom. The zero-order chi connectivity index (χ0) is 27.0. The maximum Gasteiger partial charge on any atom is 0.339 e. The first-order chi connectivity index (χ1) is 18.1. The average Bonchev–Trinajstić information content (AvgIpc) is 3.45. The molecule has 0 bridgehead atoms. The molecule has 0 fully saturated rings. The molecule has 0 saturated carbocycles. The van der Waals surface area contributed by atoms with E-state index >= 15 is 0 Å². The molecule has 1 aromatic rings. The molecule has 1 aromatic carbocycles. The molecule has 0 saturated heterocycles. The van der Waals surface area contributed by atoms with Gasteiger partial charge in [0, 0.05) is 19.5 Å². The summed E-state index contributed by atoms with van der Waals surface area (Å²) in [6.07, 6.45) is 25.4. The smallest absolute Gasteiger partial charge is 0.339 e. The number of carbonyl (C=O) groups excluding carboxylic acids is 2. The molecule has 0 radical (unpaired) electrons. The molecule has 0 unspecified atom stereocenters. The monoisotopic (exact) mass is 576 g/mol. The molecule has 0 atom stereocenters. The Hall–Kier alpha value is -1.74. The van der Waals surface area contributed by atoms with Gasteiger partial charge < -0.3 is 9.47 Å². The van der Waals surface area contributed by atoms with E-state index in [9.17, 15) is 9.59 Å². The molecule has 0 aromatic heterocycles. The van der Waals surface area contributed by atoms with Crippen LogP contribution in [0.1, 0.15) is 144 Å². The maximum absolute atomic E-state index is 12.4. The Kier molecular flexibility index (Phi) is 24.4. The summed E-state index contributed by atoms with van der Waals surface area (Å²) in [6, 6.07) is 6.74. The second kappa shape index (κ2) is 25.5. The Morgan fingerprint density at radius 3 is 1.53 bits per heavy atom. The van der Waals surface area contributed by atoms with Gasteiger partial charge >= 0.3 is 11.9 Å². The molecule has 1 aliphatic carbocycles. The molecule has 210 valence electrons. The van der Waals surface area contributed by atoms with E-state index in [1.54, 1.807) is 29.8 Å². The summed E-state index contributed by atoms with van der Waals surface area (Å²) in [7, 11) is 0. The maximum atomic E-state index is 12.4. The van der Waals surface area contributed by atoms with Gasteiger partial charge in [0.05, 0.1) is 24.3 Å². The molecule has 2 rings (SSSR count). The molecule has 1 aliphatic rings. The molecule has 0 N–H and O–H groups in total. The summed E-state index contributed by atoms with van der Waals surface area (Å²) in [5, 5.41) is 0. The molecule has 0 aliphatic heterocycles. The van der Waals surface area contributed by atoms with E-state index in [0.717, 1.165) is 25.7 Å². The van der Waals surface area contributed by atoms with Crippen molar-refractivity contribution in [3.05, 3.63) is 59.2 Å². The van der Waals surface area contributed by atoms with Crippen LogP contribution in [-0.2, 0) is 29.0 Å². The van der Waals surface area contributed by atoms with Crippen LogP contribution in [0, 0.1) is 0 Å². The van der Waals surface area contributed by atoms with Crippen LogP contribution < -0.4 is 0 Å². The van der Waals surface area contributed by atoms with Crippen molar-refractivity contribution >= 4 is 11.9 Å². The molecular formula is C33H52O4Zn. The van der Waals surface area contributed by atoms with Crippen LogP contribution in [0.5, 0.6) is 0 Å². The van der Waals surface area contributed by atoms with Crippen LogP contribution in [-0.4, -0.2) is 25.2 Å². The van der Waals surface area contributed by atoms with Crippen molar-refractivity contribution in [1.29, 1.82) is 0 Å². The largest absolute Gasteiger partial charge is 0.462 e. The van der Waals surface area contributed by atoms with Crippen LogP contribution in [0.3, 0.4) is 0 Å². The second-order valence-corrected chi connectivity index (χ2v) is 9.91. The van der Waals surface area contributed by atoms with Gasteiger partial charge in [0.2, 0.25) is 0 Å². The number of rotatable bonds is 19. The number of esters is 2. The Labute approximate surface area is 245 Å². The Bertz CT molecular complexity index is 751. The van der Waals surface area contributed by atoms with E-state index in [-0.39, 0.29) is 19.5 Å². The summed E-state index contributed by atoms with van der Waals surface area (Å²) in [5.41, 5.74) is 2.19. The van der Waals surface area contributed by atoms with Crippen molar-refractivity contribution in [3.63, 3.8) is 0 Å². The van der Waals surface area contributed by atoms with Crippen LogP contribution >= 0.6 is 0 Å². The van der Waals surface area contributed by atoms with E-state index in [4.69, 9.17) is 9.47 Å². The van der Waals surface area contributed by atoms with Gasteiger partial charge in [-0.3, -0.25) is 0 Å². The van der Waals surface area contributed by atoms with E-state index in [2.05, 4.69) is 39.0 Å². The first kappa shape index (κ1) is 36.3. The minimum absolute atomic E-state index is 0. The van der Waals surface area contributed by atoms with Gasteiger partial charge in [-0.25, -0.2) is 9.59 Å². The summed E-state index contributed by atoms with van der Waals surface area (Å²) in [5.74, 6) is -0.888. The summed E-state index contributed by atoms with van der Waals surface area (Å²) in [4.78, 5) is 24.7. The predicted octanol–water partition coefficient (Wildman–Crippen LogP) is 9.78. The van der Waals surface area contributed by atoms with E-state index in [1.165, 1.54) is 77.0 Å². The fourth-order valence-electron chi connectivity index (χ4n) is 4.17. The van der Waals surface area contributed by atoms with Crippen molar-refractivity contribution < 1.29 is 38.5 Å². The van der Waals surface area contributed by atoms with E-state index in [0.29, 0.717) is 24.3 Å². The zero-order valence-electron chi connectivity index (χ0n) is 24.6. The fraction of sp³-hybridized carbons (Fsp3) is 0.636. The first-order valence-corrected chi connectivity index (χ1v) is 14.9. The topological polar surface area (TPSA) is 52.6 Å². The number of hydrogen-bond donors (Lipinski definition) is 0. The van der Waals surface area contributed by atoms with Crippen molar-refractivity contribution in [2.45, 2.75) is 124 Å². The second-order valence-electron chi connectivity index (χ2n) is 9.91. The third-order valence-electron chi connectivity index (χ3n) is 6.53.